The molecular formula is C12H12BrN3O2. The minimum Gasteiger partial charge on any atom is -0.486 e. The molecular weight excluding hydrogens is 298 g/mol. The molecule has 2 aromatic rings. The Balaban J connectivity index is 2.00. The smallest absolute Gasteiger partial charge is 0.162 e. The third kappa shape index (κ3) is 1.97. The maximum Gasteiger partial charge on any atom is 0.162 e. The number of hydrogen-bond donors (Lipinski definition) is 2. The van der Waals surface area contributed by atoms with Gasteiger partial charge in [0, 0.05) is 12.1 Å². The summed E-state index contributed by atoms with van der Waals surface area (Å²) in [6.45, 7) is 1.58. The van der Waals surface area contributed by atoms with E-state index in [1.165, 1.54) is 0 Å². The molecule has 3 N–H and O–H groups in total. The van der Waals surface area contributed by atoms with Gasteiger partial charge in [0.25, 0.3) is 0 Å². The topological polar surface area (TPSA) is 73.2 Å². The number of ether oxygens (including phenoxy) is 2. The molecule has 3 rings (SSSR count). The Kier molecular flexibility index (Phi) is 2.97. The quantitative estimate of drug-likeness (QED) is 0.890. The number of H-pyrrole nitrogens is 1. The number of fused-ring (bicyclic) bond motifs is 1. The van der Waals surface area contributed by atoms with E-state index in [1.54, 1.807) is 0 Å². The number of rotatable bonds is 2. The second-order valence-electron chi connectivity index (χ2n) is 3.92. The predicted molar refractivity (Wildman–Crippen MR) is 70.6 cm³/mol. The highest BCUT2D eigenvalue weighted by molar-refractivity contribution is 9.10. The van der Waals surface area contributed by atoms with E-state index in [0.29, 0.717) is 19.8 Å². The maximum absolute atomic E-state index is 5.61. The van der Waals surface area contributed by atoms with Crippen molar-refractivity contribution in [1.82, 2.24) is 9.97 Å². The second-order valence-corrected chi connectivity index (χ2v) is 4.67. The number of halogens is 1. The van der Waals surface area contributed by atoms with Crippen LogP contribution in [0.1, 0.15) is 5.69 Å². The van der Waals surface area contributed by atoms with Gasteiger partial charge in [-0.3, -0.25) is 0 Å². The van der Waals surface area contributed by atoms with Gasteiger partial charge in [0.15, 0.2) is 11.5 Å². The van der Waals surface area contributed by atoms with Crippen LogP contribution in [0, 0.1) is 0 Å². The lowest BCUT2D eigenvalue weighted by Gasteiger charge is -2.18. The first-order valence-electron chi connectivity index (χ1n) is 5.62. The normalized spacial score (nSPS) is 13.7. The van der Waals surface area contributed by atoms with E-state index in [-0.39, 0.29) is 0 Å². The Morgan fingerprint density at radius 2 is 2.06 bits per heavy atom. The summed E-state index contributed by atoms with van der Waals surface area (Å²) in [4.78, 5) is 7.56. The fourth-order valence-corrected chi connectivity index (χ4v) is 2.29. The molecule has 1 aliphatic rings. The van der Waals surface area contributed by atoms with Gasteiger partial charge in [-0.2, -0.15) is 0 Å². The van der Waals surface area contributed by atoms with Gasteiger partial charge in [-0.05, 0) is 34.1 Å². The summed E-state index contributed by atoms with van der Waals surface area (Å²) in [6.07, 6.45) is 0. The molecule has 18 heavy (non-hydrogen) atoms. The zero-order chi connectivity index (χ0) is 12.5. The second kappa shape index (κ2) is 4.62. The van der Waals surface area contributed by atoms with Crippen molar-refractivity contribution in [3.63, 3.8) is 0 Å². The van der Waals surface area contributed by atoms with Gasteiger partial charge in [0.1, 0.15) is 23.6 Å². The summed E-state index contributed by atoms with van der Waals surface area (Å²) in [7, 11) is 0. The van der Waals surface area contributed by atoms with Crippen LogP contribution in [0.5, 0.6) is 11.5 Å². The van der Waals surface area contributed by atoms with Crippen molar-refractivity contribution in [2.24, 2.45) is 5.73 Å². The highest BCUT2D eigenvalue weighted by Gasteiger charge is 2.14. The zero-order valence-corrected chi connectivity index (χ0v) is 11.2. The number of nitrogens with zero attached hydrogens (tertiary/aromatic N) is 1. The molecule has 1 aliphatic heterocycles. The lowest BCUT2D eigenvalue weighted by molar-refractivity contribution is 0.171. The SMILES string of the molecule is NCc1[nH]c(-c2ccc3c(c2)OCCO3)nc1Br. The molecule has 5 nitrogen and oxygen atoms in total. The summed E-state index contributed by atoms with van der Waals surface area (Å²) in [6, 6.07) is 5.75. The zero-order valence-electron chi connectivity index (χ0n) is 9.57. The number of aromatic nitrogens is 2. The van der Waals surface area contributed by atoms with Gasteiger partial charge in [-0.15, -0.1) is 0 Å². The van der Waals surface area contributed by atoms with E-state index >= 15 is 0 Å². The van der Waals surface area contributed by atoms with Crippen LogP contribution in [-0.4, -0.2) is 23.2 Å². The van der Waals surface area contributed by atoms with Gasteiger partial charge < -0.3 is 20.2 Å². The summed E-state index contributed by atoms with van der Waals surface area (Å²) in [5, 5.41) is 0. The number of imidazole rings is 1. The lowest BCUT2D eigenvalue weighted by Crippen LogP contribution is -2.15. The number of nitrogens with two attached hydrogens (primary N) is 1. The molecule has 0 fully saturated rings. The average Bonchev–Trinajstić information content (AvgIpc) is 2.79. The molecule has 0 bridgehead atoms. The van der Waals surface area contributed by atoms with Crippen molar-refractivity contribution >= 4 is 15.9 Å². The van der Waals surface area contributed by atoms with E-state index in [9.17, 15) is 0 Å². The molecule has 0 saturated carbocycles. The van der Waals surface area contributed by atoms with E-state index in [2.05, 4.69) is 25.9 Å². The molecule has 0 unspecified atom stereocenters. The summed E-state index contributed by atoms with van der Waals surface area (Å²) < 4.78 is 11.8. The number of benzene rings is 1. The van der Waals surface area contributed by atoms with Gasteiger partial charge in [-0.1, -0.05) is 0 Å². The van der Waals surface area contributed by atoms with Crippen LogP contribution >= 0.6 is 15.9 Å². The Bertz CT molecular complexity index is 583. The molecule has 0 saturated heterocycles. The molecule has 0 spiro atoms. The van der Waals surface area contributed by atoms with Crippen molar-refractivity contribution in [2.45, 2.75) is 6.54 Å². The van der Waals surface area contributed by atoms with Gasteiger partial charge >= 0.3 is 0 Å². The molecule has 94 valence electrons. The Morgan fingerprint density at radius 3 is 2.78 bits per heavy atom. The van der Waals surface area contributed by atoms with Gasteiger partial charge in [0.05, 0.1) is 5.69 Å². The molecule has 0 aliphatic carbocycles. The fraction of sp³-hybridized carbons (Fsp3) is 0.250. The van der Waals surface area contributed by atoms with Crippen molar-refractivity contribution in [1.29, 1.82) is 0 Å². The lowest BCUT2D eigenvalue weighted by atomic mass is 10.2. The van der Waals surface area contributed by atoms with E-state index in [1.807, 2.05) is 18.2 Å². The Morgan fingerprint density at radius 1 is 1.28 bits per heavy atom. The van der Waals surface area contributed by atoms with Crippen LogP contribution in [-0.2, 0) is 6.54 Å². The highest BCUT2D eigenvalue weighted by Crippen LogP contribution is 2.34. The van der Waals surface area contributed by atoms with Crippen molar-refractivity contribution in [2.75, 3.05) is 13.2 Å². The Labute approximate surface area is 112 Å². The fourth-order valence-electron chi connectivity index (χ4n) is 1.85. The van der Waals surface area contributed by atoms with Crippen LogP contribution in [0.3, 0.4) is 0 Å². The molecule has 0 amide bonds. The van der Waals surface area contributed by atoms with Crippen molar-refractivity contribution < 1.29 is 9.47 Å². The third-order valence-corrected chi connectivity index (χ3v) is 3.40. The van der Waals surface area contributed by atoms with Gasteiger partial charge in [0.2, 0.25) is 0 Å². The highest BCUT2D eigenvalue weighted by atomic mass is 79.9. The Hall–Kier alpha value is -1.53. The first kappa shape index (κ1) is 11.6. The van der Waals surface area contributed by atoms with Crippen molar-refractivity contribution in [3.8, 4) is 22.9 Å². The summed E-state index contributed by atoms with van der Waals surface area (Å²) >= 11 is 3.37. The monoisotopic (exact) mass is 309 g/mol. The molecule has 1 aromatic heterocycles. The predicted octanol–water partition coefficient (Wildman–Crippen LogP) is 2.07. The molecule has 0 radical (unpaired) electrons. The van der Waals surface area contributed by atoms with E-state index in [4.69, 9.17) is 15.2 Å². The van der Waals surface area contributed by atoms with E-state index in [0.717, 1.165) is 33.2 Å². The first-order chi connectivity index (χ1) is 8.78. The molecule has 0 atom stereocenters. The van der Waals surface area contributed by atoms with Gasteiger partial charge in [-0.25, -0.2) is 4.98 Å². The number of aromatic amines is 1. The molecule has 1 aromatic carbocycles. The van der Waals surface area contributed by atoms with E-state index < -0.39 is 0 Å². The molecule has 2 heterocycles. The number of nitrogens with one attached hydrogen (secondary N) is 1. The maximum atomic E-state index is 5.61. The van der Waals surface area contributed by atoms with Crippen LogP contribution in [0.4, 0.5) is 0 Å². The van der Waals surface area contributed by atoms with Crippen LogP contribution < -0.4 is 15.2 Å². The van der Waals surface area contributed by atoms with Crippen LogP contribution in [0.25, 0.3) is 11.4 Å². The average molecular weight is 310 g/mol. The molecule has 6 heteroatoms. The summed E-state index contributed by atoms with van der Waals surface area (Å²) in [5.41, 5.74) is 7.43. The minimum absolute atomic E-state index is 0.415. The van der Waals surface area contributed by atoms with Crippen molar-refractivity contribution in [3.05, 3.63) is 28.5 Å². The van der Waals surface area contributed by atoms with Crippen LogP contribution in [0.2, 0.25) is 0 Å². The third-order valence-electron chi connectivity index (χ3n) is 2.75. The largest absolute Gasteiger partial charge is 0.486 e. The first-order valence-corrected chi connectivity index (χ1v) is 6.41. The number of hydrogen-bond acceptors (Lipinski definition) is 4. The minimum atomic E-state index is 0.415. The summed E-state index contributed by atoms with van der Waals surface area (Å²) in [5.74, 6) is 2.29. The standard InChI is InChI=1S/C12H12BrN3O2/c13-11-8(6-14)15-12(16-11)7-1-2-9-10(5-7)18-4-3-17-9/h1-2,5H,3-4,6,14H2,(H,15,16). The van der Waals surface area contributed by atoms with Crippen LogP contribution in [0.15, 0.2) is 22.8 Å².